The summed E-state index contributed by atoms with van der Waals surface area (Å²) >= 11 is 5.92. The molecule has 0 atom stereocenters. The second kappa shape index (κ2) is 4.86. The van der Waals surface area contributed by atoms with E-state index in [-0.39, 0.29) is 0 Å². The Balaban J connectivity index is 2.32. The maximum absolute atomic E-state index is 8.92. The lowest BCUT2D eigenvalue weighted by Gasteiger charge is -2.07. The number of ether oxygens (including phenoxy) is 1. The molecule has 84 valence electrons. The van der Waals surface area contributed by atoms with Gasteiger partial charge in [0.25, 0.3) is 0 Å². The average molecular weight is 245 g/mol. The maximum atomic E-state index is 8.92. The van der Waals surface area contributed by atoms with Crippen LogP contribution in [0.5, 0.6) is 11.5 Å². The fraction of sp³-hybridized carbons (Fsp3) is 0.0769. The first kappa shape index (κ1) is 11.4. The zero-order valence-electron chi connectivity index (χ0n) is 9.14. The lowest BCUT2D eigenvalue weighted by molar-refractivity contribution is 0.478. The number of aryl methyl sites for hydroxylation is 1. The van der Waals surface area contributed by atoms with Crippen molar-refractivity contribution in [2.45, 2.75) is 6.92 Å². The summed E-state index contributed by atoms with van der Waals surface area (Å²) in [6.07, 6.45) is 3.07. The van der Waals surface area contributed by atoms with Crippen molar-refractivity contribution in [1.29, 1.82) is 5.26 Å². The second-order valence-corrected chi connectivity index (χ2v) is 3.90. The van der Waals surface area contributed by atoms with Gasteiger partial charge in [0, 0.05) is 11.2 Å². The van der Waals surface area contributed by atoms with Crippen LogP contribution in [0.2, 0.25) is 5.02 Å². The molecule has 1 heterocycles. The molecule has 4 heteroatoms. The summed E-state index contributed by atoms with van der Waals surface area (Å²) in [6.45, 7) is 1.89. The Kier molecular flexibility index (Phi) is 3.27. The summed E-state index contributed by atoms with van der Waals surface area (Å²) in [4.78, 5) is 3.93. The topological polar surface area (TPSA) is 45.9 Å². The Morgan fingerprint density at radius 1 is 1.35 bits per heavy atom. The van der Waals surface area contributed by atoms with E-state index in [1.54, 1.807) is 24.4 Å². The number of nitriles is 1. The van der Waals surface area contributed by atoms with Crippen molar-refractivity contribution >= 4 is 11.6 Å². The molecule has 0 spiro atoms. The van der Waals surface area contributed by atoms with Crippen molar-refractivity contribution in [2.75, 3.05) is 0 Å². The molecular weight excluding hydrogens is 236 g/mol. The van der Waals surface area contributed by atoms with E-state index in [4.69, 9.17) is 21.6 Å². The number of halogens is 1. The van der Waals surface area contributed by atoms with Gasteiger partial charge in [-0.25, -0.2) is 0 Å². The van der Waals surface area contributed by atoms with Crippen molar-refractivity contribution in [3.8, 4) is 17.6 Å². The molecule has 0 aliphatic carbocycles. The molecule has 0 radical (unpaired) electrons. The molecule has 0 bridgehead atoms. The standard InChI is InChI=1S/C13H9ClN2O/c1-9-6-11(2-3-12(9)14)17-13-8-16-5-4-10(13)7-15/h2-6,8H,1H3. The van der Waals surface area contributed by atoms with Gasteiger partial charge >= 0.3 is 0 Å². The van der Waals surface area contributed by atoms with E-state index < -0.39 is 0 Å². The van der Waals surface area contributed by atoms with Crippen molar-refractivity contribution in [3.63, 3.8) is 0 Å². The van der Waals surface area contributed by atoms with Crippen LogP contribution in [0, 0.1) is 18.3 Å². The summed E-state index contributed by atoms with van der Waals surface area (Å²) < 4.78 is 5.59. The first-order chi connectivity index (χ1) is 8.20. The summed E-state index contributed by atoms with van der Waals surface area (Å²) in [7, 11) is 0. The van der Waals surface area contributed by atoms with E-state index in [0.717, 1.165) is 5.56 Å². The first-order valence-electron chi connectivity index (χ1n) is 4.99. The molecule has 2 aromatic rings. The highest BCUT2D eigenvalue weighted by atomic mass is 35.5. The number of aromatic nitrogens is 1. The normalized spacial score (nSPS) is 9.71. The Morgan fingerprint density at radius 3 is 2.88 bits per heavy atom. The number of rotatable bonds is 2. The molecule has 17 heavy (non-hydrogen) atoms. The van der Waals surface area contributed by atoms with Gasteiger partial charge in [0.15, 0.2) is 5.75 Å². The fourth-order valence-electron chi connectivity index (χ4n) is 1.36. The Bertz CT molecular complexity index is 590. The quantitative estimate of drug-likeness (QED) is 0.809. The van der Waals surface area contributed by atoms with Crippen LogP contribution < -0.4 is 4.74 Å². The zero-order chi connectivity index (χ0) is 12.3. The molecule has 0 amide bonds. The molecule has 1 aromatic carbocycles. The minimum absolute atomic E-state index is 0.441. The van der Waals surface area contributed by atoms with Crippen molar-refractivity contribution in [1.82, 2.24) is 4.98 Å². The van der Waals surface area contributed by atoms with E-state index in [9.17, 15) is 0 Å². The van der Waals surface area contributed by atoms with Crippen LogP contribution >= 0.6 is 11.6 Å². The molecule has 0 N–H and O–H groups in total. The van der Waals surface area contributed by atoms with Crippen molar-refractivity contribution < 1.29 is 4.74 Å². The van der Waals surface area contributed by atoms with Crippen molar-refractivity contribution in [2.24, 2.45) is 0 Å². The van der Waals surface area contributed by atoms with Crippen molar-refractivity contribution in [3.05, 3.63) is 52.8 Å². The Hall–Kier alpha value is -2.05. The molecule has 0 saturated carbocycles. The highest BCUT2D eigenvalue weighted by molar-refractivity contribution is 6.31. The molecule has 0 aliphatic rings. The van der Waals surface area contributed by atoms with Crippen LogP contribution in [0.15, 0.2) is 36.7 Å². The van der Waals surface area contributed by atoms with Crippen LogP contribution in [0.3, 0.4) is 0 Å². The molecule has 1 aromatic heterocycles. The third-order valence-electron chi connectivity index (χ3n) is 2.26. The molecule has 3 nitrogen and oxygen atoms in total. The van der Waals surface area contributed by atoms with E-state index in [2.05, 4.69) is 11.1 Å². The molecule has 0 fully saturated rings. The second-order valence-electron chi connectivity index (χ2n) is 3.50. The van der Waals surface area contributed by atoms with E-state index >= 15 is 0 Å². The molecular formula is C13H9ClN2O. The minimum atomic E-state index is 0.441. The van der Waals surface area contributed by atoms with Crippen LogP contribution in [0.25, 0.3) is 0 Å². The average Bonchev–Trinajstić information content (AvgIpc) is 2.34. The van der Waals surface area contributed by atoms with Gasteiger partial charge in [0.2, 0.25) is 0 Å². The number of benzene rings is 1. The minimum Gasteiger partial charge on any atom is -0.454 e. The summed E-state index contributed by atoms with van der Waals surface area (Å²) in [5.41, 5.74) is 1.37. The van der Waals surface area contributed by atoms with Gasteiger partial charge in [-0.2, -0.15) is 5.26 Å². The third kappa shape index (κ3) is 2.55. The number of hydrogen-bond acceptors (Lipinski definition) is 3. The van der Waals surface area contributed by atoms with Gasteiger partial charge in [-0.1, -0.05) is 11.6 Å². The monoisotopic (exact) mass is 244 g/mol. The summed E-state index contributed by atoms with van der Waals surface area (Å²) in [6, 6.07) is 8.99. The third-order valence-corrected chi connectivity index (χ3v) is 2.69. The Labute approximate surface area is 104 Å². The Morgan fingerprint density at radius 2 is 2.18 bits per heavy atom. The molecule has 2 rings (SSSR count). The summed E-state index contributed by atoms with van der Waals surface area (Å²) in [5, 5.41) is 9.60. The van der Waals surface area contributed by atoms with Gasteiger partial charge in [0.1, 0.15) is 11.8 Å². The number of hydrogen-bond donors (Lipinski definition) is 0. The maximum Gasteiger partial charge on any atom is 0.163 e. The largest absolute Gasteiger partial charge is 0.454 e. The summed E-state index contributed by atoms with van der Waals surface area (Å²) in [5.74, 6) is 1.08. The first-order valence-corrected chi connectivity index (χ1v) is 5.36. The van der Waals surface area contributed by atoms with E-state index in [0.29, 0.717) is 22.1 Å². The van der Waals surface area contributed by atoms with Gasteiger partial charge < -0.3 is 4.74 Å². The molecule has 0 unspecified atom stereocenters. The number of pyridine rings is 1. The highest BCUT2D eigenvalue weighted by Gasteiger charge is 2.05. The lowest BCUT2D eigenvalue weighted by atomic mass is 10.2. The highest BCUT2D eigenvalue weighted by Crippen LogP contribution is 2.27. The smallest absolute Gasteiger partial charge is 0.163 e. The van der Waals surface area contributed by atoms with E-state index in [1.165, 1.54) is 6.20 Å². The van der Waals surface area contributed by atoms with Gasteiger partial charge in [-0.15, -0.1) is 0 Å². The van der Waals surface area contributed by atoms with Crippen LogP contribution in [0.4, 0.5) is 0 Å². The fourth-order valence-corrected chi connectivity index (χ4v) is 1.48. The van der Waals surface area contributed by atoms with Crippen LogP contribution in [-0.4, -0.2) is 4.98 Å². The lowest BCUT2D eigenvalue weighted by Crippen LogP contribution is -1.89. The predicted molar refractivity (Wildman–Crippen MR) is 65.2 cm³/mol. The molecule has 0 aliphatic heterocycles. The van der Waals surface area contributed by atoms with Crippen LogP contribution in [-0.2, 0) is 0 Å². The van der Waals surface area contributed by atoms with Gasteiger partial charge in [0.05, 0.1) is 11.8 Å². The van der Waals surface area contributed by atoms with Gasteiger partial charge in [-0.05, 0) is 36.8 Å². The van der Waals surface area contributed by atoms with Crippen LogP contribution in [0.1, 0.15) is 11.1 Å². The van der Waals surface area contributed by atoms with Gasteiger partial charge in [-0.3, -0.25) is 4.98 Å². The number of nitrogens with zero attached hydrogens (tertiary/aromatic N) is 2. The SMILES string of the molecule is Cc1cc(Oc2cnccc2C#N)ccc1Cl. The zero-order valence-corrected chi connectivity index (χ0v) is 9.90. The van der Waals surface area contributed by atoms with E-state index in [1.807, 2.05) is 13.0 Å². The molecule has 0 saturated heterocycles. The predicted octanol–water partition coefficient (Wildman–Crippen LogP) is 3.71.